The Labute approximate surface area is 121 Å². The zero-order valence-corrected chi connectivity index (χ0v) is 12.3. The summed E-state index contributed by atoms with van der Waals surface area (Å²) in [7, 11) is 0. The fourth-order valence-electron chi connectivity index (χ4n) is 6.40. The summed E-state index contributed by atoms with van der Waals surface area (Å²) in [5.74, 6) is -0.540. The molecule has 7 atom stereocenters. The number of ether oxygens (including phenoxy) is 3. The van der Waals surface area contributed by atoms with Gasteiger partial charge in [0.05, 0.1) is 29.5 Å². The number of aliphatic hydroxyl groups is 1. The number of esters is 2. The van der Waals surface area contributed by atoms with E-state index in [1.807, 2.05) is 20.8 Å². The second kappa shape index (κ2) is 2.74. The summed E-state index contributed by atoms with van der Waals surface area (Å²) in [6.07, 6.45) is -0.601. The molecule has 0 amide bonds. The minimum Gasteiger partial charge on any atom is -0.464 e. The van der Waals surface area contributed by atoms with E-state index in [2.05, 4.69) is 0 Å². The normalized spacial score (nSPS) is 66.3. The third-order valence-corrected chi connectivity index (χ3v) is 7.72. The predicted molar refractivity (Wildman–Crippen MR) is 66.9 cm³/mol. The van der Waals surface area contributed by atoms with Gasteiger partial charge in [-0.2, -0.15) is 0 Å². The number of rotatable bonds is 0. The monoisotopic (exact) mass is 294 g/mol. The molecule has 0 radical (unpaired) electrons. The maximum absolute atomic E-state index is 12.4. The Balaban J connectivity index is 1.85. The Bertz CT molecular complexity index is 632. The molecule has 21 heavy (non-hydrogen) atoms. The molecule has 3 aliphatic heterocycles. The molecule has 1 spiro atoms. The van der Waals surface area contributed by atoms with Crippen LogP contribution in [0.15, 0.2) is 0 Å². The van der Waals surface area contributed by atoms with Gasteiger partial charge in [-0.1, -0.05) is 6.92 Å². The Morgan fingerprint density at radius 2 is 1.95 bits per heavy atom. The van der Waals surface area contributed by atoms with Crippen molar-refractivity contribution in [2.45, 2.75) is 57.0 Å². The van der Waals surface area contributed by atoms with Crippen LogP contribution in [0, 0.1) is 16.2 Å². The van der Waals surface area contributed by atoms with Crippen molar-refractivity contribution in [3.63, 3.8) is 0 Å². The van der Waals surface area contributed by atoms with Gasteiger partial charge in [0.2, 0.25) is 0 Å². The SMILES string of the molecule is C[C@@]12COC(=O)[C@]1(C)[C@@H]1O[C@]3(C)[C@@H](O)CC24OC(=O)C[C@]143. The van der Waals surface area contributed by atoms with Crippen LogP contribution in [0.2, 0.25) is 0 Å². The van der Waals surface area contributed by atoms with E-state index in [1.165, 1.54) is 0 Å². The highest BCUT2D eigenvalue weighted by atomic mass is 16.6. The number of cyclic esters (lactones) is 1. The molecule has 114 valence electrons. The van der Waals surface area contributed by atoms with Crippen molar-refractivity contribution in [2.24, 2.45) is 16.2 Å². The summed E-state index contributed by atoms with van der Waals surface area (Å²) in [4.78, 5) is 24.5. The molecule has 0 aromatic heterocycles. The highest BCUT2D eigenvalue weighted by Crippen LogP contribution is 2.86. The molecule has 3 saturated heterocycles. The van der Waals surface area contributed by atoms with Gasteiger partial charge in [0, 0.05) is 6.42 Å². The van der Waals surface area contributed by atoms with Crippen LogP contribution < -0.4 is 0 Å². The Hall–Kier alpha value is -1.14. The number of aliphatic hydroxyl groups excluding tert-OH is 1. The van der Waals surface area contributed by atoms with E-state index in [4.69, 9.17) is 14.2 Å². The number of fused-ring (bicyclic) bond motifs is 2. The van der Waals surface area contributed by atoms with E-state index >= 15 is 0 Å². The zero-order chi connectivity index (χ0) is 15.1. The average molecular weight is 294 g/mol. The molecular weight excluding hydrogens is 276 g/mol. The third kappa shape index (κ3) is 0.744. The molecule has 6 nitrogen and oxygen atoms in total. The van der Waals surface area contributed by atoms with Crippen molar-refractivity contribution in [3.8, 4) is 0 Å². The van der Waals surface area contributed by atoms with E-state index in [1.54, 1.807) is 0 Å². The molecule has 5 rings (SSSR count). The Morgan fingerprint density at radius 1 is 1.24 bits per heavy atom. The van der Waals surface area contributed by atoms with E-state index < -0.39 is 39.7 Å². The predicted octanol–water partition coefficient (Wildman–Crippen LogP) is 0.164. The smallest absolute Gasteiger partial charge is 0.315 e. The first-order valence-corrected chi connectivity index (χ1v) is 7.45. The second-order valence-corrected chi connectivity index (χ2v) is 7.88. The molecule has 0 bridgehead atoms. The Kier molecular flexibility index (Phi) is 1.62. The second-order valence-electron chi connectivity index (χ2n) is 7.88. The van der Waals surface area contributed by atoms with Crippen LogP contribution >= 0.6 is 0 Å². The van der Waals surface area contributed by atoms with Gasteiger partial charge in [0.1, 0.15) is 23.2 Å². The largest absolute Gasteiger partial charge is 0.464 e. The van der Waals surface area contributed by atoms with E-state index in [0.29, 0.717) is 6.42 Å². The van der Waals surface area contributed by atoms with Crippen LogP contribution in [-0.2, 0) is 23.8 Å². The molecule has 1 unspecified atom stereocenters. The van der Waals surface area contributed by atoms with Crippen LogP contribution in [0.3, 0.4) is 0 Å². The summed E-state index contributed by atoms with van der Waals surface area (Å²) >= 11 is 0. The summed E-state index contributed by atoms with van der Waals surface area (Å²) in [6.45, 7) is 5.86. The number of hydrogen-bond donors (Lipinski definition) is 1. The first-order valence-electron chi connectivity index (χ1n) is 7.45. The lowest BCUT2D eigenvalue weighted by molar-refractivity contribution is -0.334. The molecular formula is C15H18O6. The molecule has 0 aromatic rings. The first kappa shape index (κ1) is 12.4. The van der Waals surface area contributed by atoms with Crippen molar-refractivity contribution < 1.29 is 28.9 Å². The van der Waals surface area contributed by atoms with Crippen LogP contribution in [0.1, 0.15) is 33.6 Å². The van der Waals surface area contributed by atoms with Crippen LogP contribution in [0.25, 0.3) is 0 Å². The third-order valence-electron chi connectivity index (χ3n) is 7.72. The standard InChI is InChI=1S/C15H18O6/c1-11-6-19-10(18)12(11,2)9-14-5-8(17)20-15(11,14)4-7(16)13(14,3)21-9/h7,9,16H,4-6H2,1-3H3/t7-,9-,11+,12-,13+,14+,15?/m0/s1. The maximum Gasteiger partial charge on any atom is 0.315 e. The highest BCUT2D eigenvalue weighted by molar-refractivity contribution is 5.86. The van der Waals surface area contributed by atoms with Gasteiger partial charge in [-0.3, -0.25) is 9.59 Å². The lowest BCUT2D eigenvalue weighted by atomic mass is 9.60. The van der Waals surface area contributed by atoms with Crippen molar-refractivity contribution >= 4 is 11.9 Å². The number of carbonyl (C=O) groups excluding carboxylic acids is 2. The minimum atomic E-state index is -0.866. The van der Waals surface area contributed by atoms with E-state index in [-0.39, 0.29) is 25.0 Å². The van der Waals surface area contributed by atoms with Crippen LogP contribution in [-0.4, -0.2) is 47.1 Å². The van der Waals surface area contributed by atoms with Crippen molar-refractivity contribution in [3.05, 3.63) is 0 Å². The van der Waals surface area contributed by atoms with Crippen LogP contribution in [0.4, 0.5) is 0 Å². The summed E-state index contributed by atoms with van der Waals surface area (Å²) in [5.41, 5.74) is -3.79. The molecule has 1 N–H and O–H groups in total. The van der Waals surface area contributed by atoms with Gasteiger partial charge in [0.25, 0.3) is 0 Å². The van der Waals surface area contributed by atoms with Crippen molar-refractivity contribution in [1.29, 1.82) is 0 Å². The van der Waals surface area contributed by atoms with Gasteiger partial charge >= 0.3 is 11.9 Å². The fraction of sp³-hybridized carbons (Fsp3) is 0.867. The van der Waals surface area contributed by atoms with Crippen molar-refractivity contribution in [1.82, 2.24) is 0 Å². The van der Waals surface area contributed by atoms with Gasteiger partial charge in [-0.05, 0) is 13.8 Å². The Morgan fingerprint density at radius 3 is 2.67 bits per heavy atom. The molecule has 6 heteroatoms. The van der Waals surface area contributed by atoms with Crippen LogP contribution in [0.5, 0.6) is 0 Å². The fourth-order valence-corrected chi connectivity index (χ4v) is 6.40. The summed E-state index contributed by atoms with van der Waals surface area (Å²) < 4.78 is 17.3. The van der Waals surface area contributed by atoms with Gasteiger partial charge in [-0.15, -0.1) is 0 Å². The highest BCUT2D eigenvalue weighted by Gasteiger charge is 2.99. The lowest BCUT2D eigenvalue weighted by Crippen LogP contribution is -2.72. The van der Waals surface area contributed by atoms with Gasteiger partial charge in [0.15, 0.2) is 0 Å². The number of carbonyl (C=O) groups is 2. The topological polar surface area (TPSA) is 82.1 Å². The lowest BCUT2D eigenvalue weighted by Gasteiger charge is -2.59. The van der Waals surface area contributed by atoms with Crippen molar-refractivity contribution in [2.75, 3.05) is 6.61 Å². The molecule has 0 aromatic carbocycles. The van der Waals surface area contributed by atoms with Gasteiger partial charge in [-0.25, -0.2) is 0 Å². The first-order chi connectivity index (χ1) is 9.70. The average Bonchev–Trinajstić information content (AvgIpc) is 2.92. The van der Waals surface area contributed by atoms with E-state index in [9.17, 15) is 14.7 Å². The minimum absolute atomic E-state index is 0.208. The molecule has 5 aliphatic rings. The summed E-state index contributed by atoms with van der Waals surface area (Å²) in [5, 5.41) is 10.5. The quantitative estimate of drug-likeness (QED) is 0.641. The molecule has 2 aliphatic carbocycles. The molecule has 2 saturated carbocycles. The summed E-state index contributed by atoms with van der Waals surface area (Å²) in [6, 6.07) is 0. The zero-order valence-electron chi connectivity index (χ0n) is 12.3. The molecule has 3 heterocycles. The molecule has 5 fully saturated rings. The van der Waals surface area contributed by atoms with Gasteiger partial charge < -0.3 is 19.3 Å². The van der Waals surface area contributed by atoms with E-state index in [0.717, 1.165) is 0 Å². The maximum atomic E-state index is 12.4. The number of hydrogen-bond acceptors (Lipinski definition) is 6.